The fourth-order valence-corrected chi connectivity index (χ4v) is 4.54. The van der Waals surface area contributed by atoms with Crippen LogP contribution in [0.3, 0.4) is 0 Å². The number of piperazine rings is 1. The molecule has 2 aromatic carbocycles. The standard InChI is InChI=1S/C18H17N5O5S/c24-23(25)15-7-4-8-16(13-15)29(26,27)22-11-9-21(10-12-22)18-19-17(28-20-18)14-5-2-1-3-6-14/h1-8,13H,9-12H2. The predicted molar refractivity (Wildman–Crippen MR) is 104 cm³/mol. The van der Waals surface area contributed by atoms with Crippen LogP contribution in [0.4, 0.5) is 11.6 Å². The predicted octanol–water partition coefficient (Wildman–Crippen LogP) is 2.16. The SMILES string of the molecule is O=[N+]([O-])c1cccc(S(=O)(=O)N2CCN(c3noc(-c4ccccc4)n3)CC2)c1. The minimum atomic E-state index is -3.82. The van der Waals surface area contributed by atoms with Crippen molar-refractivity contribution >= 4 is 21.7 Å². The summed E-state index contributed by atoms with van der Waals surface area (Å²) < 4.78 is 32.3. The lowest BCUT2D eigenvalue weighted by atomic mass is 10.2. The summed E-state index contributed by atoms with van der Waals surface area (Å²) in [6.07, 6.45) is 0. The van der Waals surface area contributed by atoms with Crippen molar-refractivity contribution in [2.75, 3.05) is 31.1 Å². The van der Waals surface area contributed by atoms with E-state index in [0.29, 0.717) is 24.9 Å². The van der Waals surface area contributed by atoms with Crippen molar-refractivity contribution in [2.45, 2.75) is 4.90 Å². The van der Waals surface area contributed by atoms with Crippen LogP contribution in [0.15, 0.2) is 64.0 Å². The Kier molecular flexibility index (Phi) is 4.99. The molecular formula is C18H17N5O5S. The molecule has 0 amide bonds. The summed E-state index contributed by atoms with van der Waals surface area (Å²) in [7, 11) is -3.82. The smallest absolute Gasteiger partial charge is 0.270 e. The van der Waals surface area contributed by atoms with Gasteiger partial charge in [0.25, 0.3) is 17.5 Å². The van der Waals surface area contributed by atoms with Gasteiger partial charge in [-0.05, 0) is 23.4 Å². The topological polar surface area (TPSA) is 123 Å². The molecule has 1 saturated heterocycles. The van der Waals surface area contributed by atoms with E-state index in [0.717, 1.165) is 11.6 Å². The van der Waals surface area contributed by atoms with Gasteiger partial charge in [-0.15, -0.1) is 0 Å². The quantitative estimate of drug-likeness (QED) is 0.459. The molecule has 1 aliphatic heterocycles. The number of rotatable bonds is 5. The molecule has 4 rings (SSSR count). The Bertz CT molecular complexity index is 1120. The average molecular weight is 415 g/mol. The summed E-state index contributed by atoms with van der Waals surface area (Å²) in [5.41, 5.74) is 0.545. The average Bonchev–Trinajstić information content (AvgIpc) is 3.25. The van der Waals surface area contributed by atoms with E-state index < -0.39 is 14.9 Å². The normalized spacial score (nSPS) is 15.4. The van der Waals surface area contributed by atoms with Crippen LogP contribution in [-0.4, -0.2) is 54.0 Å². The van der Waals surface area contributed by atoms with Crippen molar-refractivity contribution in [1.82, 2.24) is 14.4 Å². The van der Waals surface area contributed by atoms with E-state index >= 15 is 0 Å². The third-order valence-corrected chi connectivity index (χ3v) is 6.52. The van der Waals surface area contributed by atoms with Crippen molar-refractivity contribution in [1.29, 1.82) is 0 Å². The lowest BCUT2D eigenvalue weighted by Crippen LogP contribution is -2.49. The van der Waals surface area contributed by atoms with E-state index in [9.17, 15) is 18.5 Å². The molecule has 1 aromatic heterocycles. The zero-order valence-electron chi connectivity index (χ0n) is 15.2. The zero-order chi connectivity index (χ0) is 20.4. The van der Waals surface area contributed by atoms with Gasteiger partial charge in [-0.2, -0.15) is 9.29 Å². The number of nitro benzene ring substituents is 1. The Morgan fingerprint density at radius 1 is 1.00 bits per heavy atom. The summed E-state index contributed by atoms with van der Waals surface area (Å²) in [5, 5.41) is 14.9. The summed E-state index contributed by atoms with van der Waals surface area (Å²) in [6, 6.07) is 14.4. The van der Waals surface area contributed by atoms with Crippen molar-refractivity contribution in [2.24, 2.45) is 0 Å². The largest absolute Gasteiger partial charge is 0.336 e. The number of aromatic nitrogens is 2. The first-order valence-corrected chi connectivity index (χ1v) is 10.3. The minimum Gasteiger partial charge on any atom is -0.336 e. The maximum absolute atomic E-state index is 12.8. The summed E-state index contributed by atoms with van der Waals surface area (Å²) >= 11 is 0. The highest BCUT2D eigenvalue weighted by molar-refractivity contribution is 7.89. The molecule has 0 atom stereocenters. The number of hydrogen-bond acceptors (Lipinski definition) is 8. The molecule has 2 heterocycles. The van der Waals surface area contributed by atoms with Gasteiger partial charge in [-0.1, -0.05) is 24.3 Å². The zero-order valence-corrected chi connectivity index (χ0v) is 16.0. The van der Waals surface area contributed by atoms with E-state index in [1.807, 2.05) is 35.2 Å². The Labute approximate surface area is 166 Å². The second-order valence-electron chi connectivity index (χ2n) is 6.41. The van der Waals surface area contributed by atoms with Gasteiger partial charge in [-0.3, -0.25) is 10.1 Å². The highest BCUT2D eigenvalue weighted by atomic mass is 32.2. The molecule has 0 bridgehead atoms. The minimum absolute atomic E-state index is 0.0916. The Hall–Kier alpha value is -3.31. The number of nitrogens with zero attached hydrogens (tertiary/aromatic N) is 5. The molecular weight excluding hydrogens is 398 g/mol. The van der Waals surface area contributed by atoms with Crippen molar-refractivity contribution in [3.8, 4) is 11.5 Å². The molecule has 0 aliphatic carbocycles. The molecule has 0 radical (unpaired) electrons. The lowest BCUT2D eigenvalue weighted by molar-refractivity contribution is -0.385. The Morgan fingerprint density at radius 3 is 2.41 bits per heavy atom. The van der Waals surface area contributed by atoms with Crippen LogP contribution in [0.2, 0.25) is 0 Å². The molecule has 1 aliphatic rings. The van der Waals surface area contributed by atoms with E-state index in [1.165, 1.54) is 22.5 Å². The summed E-state index contributed by atoms with van der Waals surface area (Å²) in [5.74, 6) is 0.795. The van der Waals surface area contributed by atoms with Crippen LogP contribution in [-0.2, 0) is 10.0 Å². The maximum Gasteiger partial charge on any atom is 0.270 e. The third-order valence-electron chi connectivity index (χ3n) is 4.62. The van der Waals surface area contributed by atoms with E-state index in [4.69, 9.17) is 4.52 Å². The van der Waals surface area contributed by atoms with Gasteiger partial charge in [0, 0.05) is 43.9 Å². The first kappa shape index (κ1) is 19.0. The van der Waals surface area contributed by atoms with Gasteiger partial charge in [0.2, 0.25) is 10.0 Å². The lowest BCUT2D eigenvalue weighted by Gasteiger charge is -2.33. The molecule has 0 N–H and O–H groups in total. The van der Waals surface area contributed by atoms with Crippen LogP contribution in [0, 0.1) is 10.1 Å². The van der Waals surface area contributed by atoms with Crippen LogP contribution >= 0.6 is 0 Å². The fourth-order valence-electron chi connectivity index (χ4n) is 3.08. The molecule has 0 saturated carbocycles. The van der Waals surface area contributed by atoms with Gasteiger partial charge in [0.15, 0.2) is 0 Å². The number of benzene rings is 2. The molecule has 3 aromatic rings. The highest BCUT2D eigenvalue weighted by Gasteiger charge is 2.30. The van der Waals surface area contributed by atoms with Gasteiger partial charge >= 0.3 is 0 Å². The van der Waals surface area contributed by atoms with Crippen molar-refractivity contribution in [3.05, 3.63) is 64.7 Å². The number of nitro groups is 1. The summed E-state index contributed by atoms with van der Waals surface area (Å²) in [4.78, 5) is 16.5. The second kappa shape index (κ2) is 7.60. The van der Waals surface area contributed by atoms with Crippen molar-refractivity contribution in [3.63, 3.8) is 0 Å². The number of non-ortho nitro benzene ring substituents is 1. The van der Waals surface area contributed by atoms with Crippen LogP contribution in [0.5, 0.6) is 0 Å². The highest BCUT2D eigenvalue weighted by Crippen LogP contribution is 2.24. The monoisotopic (exact) mass is 415 g/mol. The number of hydrogen-bond donors (Lipinski definition) is 0. The molecule has 10 nitrogen and oxygen atoms in total. The Balaban J connectivity index is 1.46. The maximum atomic E-state index is 12.8. The molecule has 0 unspecified atom stereocenters. The second-order valence-corrected chi connectivity index (χ2v) is 8.35. The fraction of sp³-hybridized carbons (Fsp3) is 0.222. The van der Waals surface area contributed by atoms with E-state index in [2.05, 4.69) is 10.1 Å². The van der Waals surface area contributed by atoms with E-state index in [1.54, 1.807) is 0 Å². The molecule has 29 heavy (non-hydrogen) atoms. The third kappa shape index (κ3) is 3.82. The molecule has 150 valence electrons. The van der Waals surface area contributed by atoms with Crippen molar-refractivity contribution < 1.29 is 17.9 Å². The van der Waals surface area contributed by atoms with E-state index in [-0.39, 0.29) is 23.7 Å². The molecule has 11 heteroatoms. The first-order valence-electron chi connectivity index (χ1n) is 8.84. The number of sulfonamides is 1. The van der Waals surface area contributed by atoms with Gasteiger partial charge < -0.3 is 9.42 Å². The van der Waals surface area contributed by atoms with Gasteiger partial charge in [-0.25, -0.2) is 8.42 Å². The van der Waals surface area contributed by atoms with Crippen LogP contribution < -0.4 is 4.90 Å². The van der Waals surface area contributed by atoms with Crippen LogP contribution in [0.1, 0.15) is 0 Å². The summed E-state index contributed by atoms with van der Waals surface area (Å²) in [6.45, 7) is 1.17. The molecule has 0 spiro atoms. The number of anilines is 1. The van der Waals surface area contributed by atoms with Gasteiger partial charge in [0.05, 0.1) is 9.82 Å². The Morgan fingerprint density at radius 2 is 1.72 bits per heavy atom. The molecule has 1 fully saturated rings. The van der Waals surface area contributed by atoms with Crippen LogP contribution in [0.25, 0.3) is 11.5 Å². The first-order chi connectivity index (χ1) is 13.9. The van der Waals surface area contributed by atoms with Gasteiger partial charge in [0.1, 0.15) is 0 Å².